The Kier molecular flexibility index (Phi) is 4.93. The van der Waals surface area contributed by atoms with Gasteiger partial charge in [0.15, 0.2) is 0 Å². The number of nitrogens with one attached hydrogen (secondary N) is 1. The number of nitrogens with zero attached hydrogens (tertiary/aromatic N) is 2. The van der Waals surface area contributed by atoms with Gasteiger partial charge in [-0.25, -0.2) is 13.4 Å². The molecule has 2 aromatic rings. The number of benzene rings is 1. The minimum atomic E-state index is -4.13. The predicted molar refractivity (Wildman–Crippen MR) is 84.7 cm³/mol. The molecule has 1 aromatic carbocycles. The van der Waals surface area contributed by atoms with E-state index in [1.165, 1.54) is 19.2 Å². The van der Waals surface area contributed by atoms with E-state index in [1.807, 2.05) is 0 Å². The molecule has 23 heavy (non-hydrogen) atoms. The minimum Gasteiger partial charge on any atom is -0.496 e. The highest BCUT2D eigenvalue weighted by molar-refractivity contribution is 7.92. The molecule has 122 valence electrons. The summed E-state index contributed by atoms with van der Waals surface area (Å²) in [5.41, 5.74) is -0.678. The second-order valence-corrected chi connectivity index (χ2v) is 6.64. The van der Waals surface area contributed by atoms with Crippen molar-refractivity contribution in [3.05, 3.63) is 50.8 Å². The third-order valence-electron chi connectivity index (χ3n) is 2.73. The summed E-state index contributed by atoms with van der Waals surface area (Å²) in [6, 6.07) is 4.80. The normalized spacial score (nSPS) is 11.1. The molecule has 0 saturated heterocycles. The zero-order chi connectivity index (χ0) is 17.2. The van der Waals surface area contributed by atoms with Crippen LogP contribution >= 0.6 is 23.2 Å². The minimum absolute atomic E-state index is 0.0546. The molecule has 0 fully saturated rings. The van der Waals surface area contributed by atoms with Crippen LogP contribution in [0.3, 0.4) is 0 Å². The number of rotatable bonds is 5. The van der Waals surface area contributed by atoms with E-state index < -0.39 is 20.6 Å². The molecule has 0 bridgehead atoms. The maximum Gasteiger partial charge on any atom is 0.297 e. The van der Waals surface area contributed by atoms with Gasteiger partial charge in [0.25, 0.3) is 15.7 Å². The molecule has 0 unspecified atom stereocenters. The number of hydrogen-bond donors (Lipinski definition) is 1. The Morgan fingerprint density at radius 3 is 2.57 bits per heavy atom. The van der Waals surface area contributed by atoms with Gasteiger partial charge in [0.2, 0.25) is 0 Å². The number of ether oxygens (including phenoxy) is 1. The van der Waals surface area contributed by atoms with E-state index in [0.29, 0.717) is 0 Å². The number of pyridine rings is 1. The molecule has 1 N–H and O–H groups in total. The van der Waals surface area contributed by atoms with E-state index in [9.17, 15) is 18.5 Å². The third-order valence-corrected chi connectivity index (χ3v) is 4.75. The molecule has 0 aliphatic rings. The molecule has 0 radical (unpaired) electrons. The highest BCUT2D eigenvalue weighted by Gasteiger charge is 2.22. The van der Waals surface area contributed by atoms with Gasteiger partial charge in [-0.05, 0) is 18.2 Å². The highest BCUT2D eigenvalue weighted by atomic mass is 35.5. The van der Waals surface area contributed by atoms with E-state index in [4.69, 9.17) is 27.9 Å². The number of anilines is 1. The molecule has 0 atom stereocenters. The smallest absolute Gasteiger partial charge is 0.297 e. The van der Waals surface area contributed by atoms with Crippen molar-refractivity contribution in [1.29, 1.82) is 0 Å². The van der Waals surface area contributed by atoms with Gasteiger partial charge >= 0.3 is 0 Å². The van der Waals surface area contributed by atoms with E-state index in [-0.39, 0.29) is 26.5 Å². The van der Waals surface area contributed by atoms with Crippen LogP contribution in [0.2, 0.25) is 10.2 Å². The van der Waals surface area contributed by atoms with Crippen molar-refractivity contribution in [2.24, 2.45) is 0 Å². The monoisotopic (exact) mass is 377 g/mol. The van der Waals surface area contributed by atoms with Crippen molar-refractivity contribution in [1.82, 2.24) is 4.98 Å². The van der Waals surface area contributed by atoms with Gasteiger partial charge in [-0.1, -0.05) is 23.2 Å². The number of hydrogen-bond acceptors (Lipinski definition) is 6. The van der Waals surface area contributed by atoms with Gasteiger partial charge in [-0.15, -0.1) is 0 Å². The van der Waals surface area contributed by atoms with Gasteiger partial charge in [-0.3, -0.25) is 14.8 Å². The van der Waals surface area contributed by atoms with Gasteiger partial charge in [-0.2, -0.15) is 0 Å². The number of halogens is 2. The number of nitro benzene ring substituents is 1. The summed E-state index contributed by atoms with van der Waals surface area (Å²) >= 11 is 11.4. The van der Waals surface area contributed by atoms with Gasteiger partial charge < -0.3 is 4.74 Å². The standard InChI is InChI=1S/C12H9Cl2N3O5S/c1-22-7-2-3-10(11(4-7)17(18)19)16-23(20,21)8-5-9(13)12(14)15-6-8/h2-6,16H,1H3. The summed E-state index contributed by atoms with van der Waals surface area (Å²) in [6.45, 7) is 0. The fourth-order valence-corrected chi connectivity index (χ4v) is 3.01. The fraction of sp³-hybridized carbons (Fsp3) is 0.0833. The van der Waals surface area contributed by atoms with Crippen LogP contribution in [0, 0.1) is 10.1 Å². The molecular formula is C12H9Cl2N3O5S. The lowest BCUT2D eigenvalue weighted by atomic mass is 10.2. The first kappa shape index (κ1) is 17.3. The Labute approximate surface area is 141 Å². The molecule has 0 spiro atoms. The molecular weight excluding hydrogens is 369 g/mol. The first-order valence-electron chi connectivity index (χ1n) is 5.91. The number of nitro groups is 1. The van der Waals surface area contributed by atoms with E-state index in [0.717, 1.165) is 18.3 Å². The summed E-state index contributed by atoms with van der Waals surface area (Å²) < 4.78 is 31.6. The molecule has 1 heterocycles. The Balaban J connectivity index is 2.44. The maximum atomic E-state index is 12.3. The lowest BCUT2D eigenvalue weighted by Crippen LogP contribution is -2.14. The Bertz CT molecular complexity index is 873. The SMILES string of the molecule is COc1ccc(NS(=O)(=O)c2cnc(Cl)c(Cl)c2)c([N+](=O)[O-])c1. The first-order valence-corrected chi connectivity index (χ1v) is 8.15. The highest BCUT2D eigenvalue weighted by Crippen LogP contribution is 2.31. The van der Waals surface area contributed by atoms with E-state index in [2.05, 4.69) is 9.71 Å². The number of aromatic nitrogens is 1. The van der Waals surface area contributed by atoms with E-state index >= 15 is 0 Å². The third kappa shape index (κ3) is 3.81. The van der Waals surface area contributed by atoms with Crippen molar-refractivity contribution >= 4 is 44.6 Å². The molecule has 11 heteroatoms. The average Bonchev–Trinajstić information content (AvgIpc) is 2.49. The Hall–Kier alpha value is -2.10. The number of sulfonamides is 1. The van der Waals surface area contributed by atoms with Gasteiger partial charge in [0.05, 0.1) is 23.1 Å². The summed E-state index contributed by atoms with van der Waals surface area (Å²) in [6.07, 6.45) is 0.992. The fourth-order valence-electron chi connectivity index (χ4n) is 1.63. The molecule has 2 rings (SSSR count). The van der Waals surface area contributed by atoms with Crippen LogP contribution in [0.25, 0.3) is 0 Å². The zero-order valence-corrected chi connectivity index (χ0v) is 13.8. The molecule has 0 aliphatic heterocycles. The van der Waals surface area contributed by atoms with Crippen LogP contribution in [0.4, 0.5) is 11.4 Å². The summed E-state index contributed by atoms with van der Waals surface area (Å²) in [5, 5.41) is 11.0. The van der Waals surface area contributed by atoms with Crippen LogP contribution in [0.1, 0.15) is 0 Å². The molecule has 8 nitrogen and oxygen atoms in total. The lowest BCUT2D eigenvalue weighted by Gasteiger charge is -2.09. The summed E-state index contributed by atoms with van der Waals surface area (Å²) in [7, 11) is -2.79. The van der Waals surface area contributed by atoms with Crippen LogP contribution in [-0.2, 0) is 10.0 Å². The summed E-state index contributed by atoms with van der Waals surface area (Å²) in [4.78, 5) is 13.7. The second-order valence-electron chi connectivity index (χ2n) is 4.19. The lowest BCUT2D eigenvalue weighted by molar-refractivity contribution is -0.384. The van der Waals surface area contributed by atoms with Crippen molar-refractivity contribution in [3.8, 4) is 5.75 Å². The van der Waals surface area contributed by atoms with Crippen LogP contribution in [0.15, 0.2) is 35.4 Å². The molecule has 0 aliphatic carbocycles. The van der Waals surface area contributed by atoms with Crippen LogP contribution in [-0.4, -0.2) is 25.4 Å². The van der Waals surface area contributed by atoms with Crippen LogP contribution < -0.4 is 9.46 Å². The first-order chi connectivity index (χ1) is 10.7. The van der Waals surface area contributed by atoms with Crippen molar-refractivity contribution < 1.29 is 18.1 Å². The van der Waals surface area contributed by atoms with Crippen molar-refractivity contribution in [2.45, 2.75) is 4.90 Å². The topological polar surface area (TPSA) is 111 Å². The average molecular weight is 378 g/mol. The van der Waals surface area contributed by atoms with E-state index in [1.54, 1.807) is 0 Å². The second kappa shape index (κ2) is 6.57. The summed E-state index contributed by atoms with van der Waals surface area (Å²) in [5.74, 6) is 0.218. The quantitative estimate of drug-likeness (QED) is 0.486. The molecule has 1 aromatic heterocycles. The van der Waals surface area contributed by atoms with Gasteiger partial charge in [0, 0.05) is 6.20 Å². The van der Waals surface area contributed by atoms with Crippen molar-refractivity contribution in [3.63, 3.8) is 0 Å². The van der Waals surface area contributed by atoms with Crippen molar-refractivity contribution in [2.75, 3.05) is 11.8 Å². The Morgan fingerprint density at radius 1 is 1.30 bits per heavy atom. The zero-order valence-electron chi connectivity index (χ0n) is 11.5. The predicted octanol–water partition coefficient (Wildman–Crippen LogP) is 3.11. The Morgan fingerprint density at radius 2 is 2.00 bits per heavy atom. The largest absolute Gasteiger partial charge is 0.496 e. The molecule has 0 amide bonds. The van der Waals surface area contributed by atoms with Crippen LogP contribution in [0.5, 0.6) is 5.75 Å². The number of methoxy groups -OCH3 is 1. The maximum absolute atomic E-state index is 12.3. The van der Waals surface area contributed by atoms with Gasteiger partial charge in [0.1, 0.15) is 21.5 Å². The molecule has 0 saturated carbocycles.